The maximum Gasteiger partial charge on any atom is 0.337 e. The van der Waals surface area contributed by atoms with Crippen molar-refractivity contribution in [2.75, 3.05) is 14.2 Å². The van der Waals surface area contributed by atoms with Crippen LogP contribution in [-0.2, 0) is 4.79 Å². The van der Waals surface area contributed by atoms with Crippen LogP contribution in [0.5, 0.6) is 11.5 Å². The number of carboxylic acid groups (broad SMARTS) is 1. The number of carboxylic acids is 1. The number of aliphatic hydroxyl groups is 1. The van der Waals surface area contributed by atoms with Gasteiger partial charge in [0, 0.05) is 5.56 Å². The number of rotatable bonds is 5. The molecule has 0 aromatic heterocycles. The molecule has 0 aliphatic rings. The zero-order valence-electron chi connectivity index (χ0n) is 10.3. The van der Waals surface area contributed by atoms with Gasteiger partial charge in [-0.15, -0.1) is 0 Å². The van der Waals surface area contributed by atoms with Crippen LogP contribution in [0.1, 0.15) is 30.3 Å². The molecule has 0 spiro atoms. The van der Waals surface area contributed by atoms with Crippen LogP contribution in [0.25, 0.3) is 0 Å². The van der Waals surface area contributed by atoms with Gasteiger partial charge >= 0.3 is 5.97 Å². The Hall–Kier alpha value is -1.82. The Morgan fingerprint density at radius 2 is 1.94 bits per heavy atom. The molecule has 0 amide bonds. The van der Waals surface area contributed by atoms with E-state index in [1.54, 1.807) is 0 Å². The molecule has 0 radical (unpaired) electrons. The van der Waals surface area contributed by atoms with Crippen molar-refractivity contribution in [2.45, 2.75) is 19.2 Å². The maximum absolute atomic E-state index is 13.3. The molecule has 0 saturated carbocycles. The second-order valence-corrected chi connectivity index (χ2v) is 3.70. The van der Waals surface area contributed by atoms with Crippen LogP contribution in [-0.4, -0.2) is 30.4 Å². The standard InChI is InChI=1S/C12H15FO5/c1-6(13)7-4-8(10(14)12(15)16)11(18-3)9(5-7)17-2/h4-6,10,14H,1-3H3,(H,15,16). The smallest absolute Gasteiger partial charge is 0.337 e. The molecule has 1 aromatic rings. The first-order chi connectivity index (χ1) is 8.42. The third-order valence-electron chi connectivity index (χ3n) is 2.52. The van der Waals surface area contributed by atoms with Gasteiger partial charge in [-0.1, -0.05) is 0 Å². The van der Waals surface area contributed by atoms with Crippen molar-refractivity contribution in [3.05, 3.63) is 23.3 Å². The topological polar surface area (TPSA) is 76.0 Å². The van der Waals surface area contributed by atoms with Gasteiger partial charge in [0.05, 0.1) is 14.2 Å². The summed E-state index contributed by atoms with van der Waals surface area (Å²) in [6, 6.07) is 2.66. The van der Waals surface area contributed by atoms with Gasteiger partial charge in [-0.05, 0) is 24.6 Å². The van der Waals surface area contributed by atoms with E-state index in [9.17, 15) is 14.3 Å². The highest BCUT2D eigenvalue weighted by molar-refractivity contribution is 5.76. The Morgan fingerprint density at radius 3 is 2.33 bits per heavy atom. The van der Waals surface area contributed by atoms with E-state index in [1.807, 2.05) is 0 Å². The molecule has 0 fully saturated rings. The van der Waals surface area contributed by atoms with E-state index < -0.39 is 18.2 Å². The quantitative estimate of drug-likeness (QED) is 0.843. The molecule has 2 unspecified atom stereocenters. The number of halogens is 1. The molecule has 0 saturated heterocycles. The number of hydrogen-bond acceptors (Lipinski definition) is 4. The summed E-state index contributed by atoms with van der Waals surface area (Å²) in [7, 11) is 2.66. The summed E-state index contributed by atoms with van der Waals surface area (Å²) in [5.74, 6) is -1.19. The molecule has 1 rings (SSSR count). The van der Waals surface area contributed by atoms with Gasteiger partial charge in [0.1, 0.15) is 6.17 Å². The van der Waals surface area contributed by atoms with Crippen LogP contribution in [0.2, 0.25) is 0 Å². The number of aliphatic hydroxyl groups excluding tert-OH is 1. The van der Waals surface area contributed by atoms with Crippen molar-refractivity contribution < 1.29 is 28.9 Å². The fourth-order valence-corrected chi connectivity index (χ4v) is 1.58. The van der Waals surface area contributed by atoms with E-state index in [0.717, 1.165) is 0 Å². The van der Waals surface area contributed by atoms with E-state index in [0.29, 0.717) is 0 Å². The van der Waals surface area contributed by atoms with Crippen LogP contribution < -0.4 is 9.47 Å². The summed E-state index contributed by atoms with van der Waals surface area (Å²) in [5.41, 5.74) is 0.173. The molecule has 0 heterocycles. The number of aliphatic carboxylic acids is 1. The van der Waals surface area contributed by atoms with Crippen molar-refractivity contribution in [3.8, 4) is 11.5 Å². The maximum atomic E-state index is 13.3. The van der Waals surface area contributed by atoms with Gasteiger partial charge in [0.25, 0.3) is 0 Å². The zero-order valence-corrected chi connectivity index (χ0v) is 10.3. The number of ether oxygens (including phenoxy) is 2. The predicted molar refractivity (Wildman–Crippen MR) is 61.7 cm³/mol. The largest absolute Gasteiger partial charge is 0.493 e. The molecule has 100 valence electrons. The highest BCUT2D eigenvalue weighted by Crippen LogP contribution is 2.38. The molecule has 0 aliphatic carbocycles. The molecule has 18 heavy (non-hydrogen) atoms. The average molecular weight is 258 g/mol. The molecular weight excluding hydrogens is 243 g/mol. The minimum absolute atomic E-state index is 0.0381. The molecule has 0 bridgehead atoms. The Morgan fingerprint density at radius 1 is 1.33 bits per heavy atom. The van der Waals surface area contributed by atoms with Crippen LogP contribution in [0.4, 0.5) is 4.39 Å². The minimum Gasteiger partial charge on any atom is -0.493 e. The van der Waals surface area contributed by atoms with Gasteiger partial charge in [0.2, 0.25) is 0 Å². The lowest BCUT2D eigenvalue weighted by Crippen LogP contribution is -2.13. The van der Waals surface area contributed by atoms with Gasteiger partial charge in [-0.25, -0.2) is 9.18 Å². The highest BCUT2D eigenvalue weighted by atomic mass is 19.1. The zero-order chi connectivity index (χ0) is 13.9. The third kappa shape index (κ3) is 2.70. The van der Waals surface area contributed by atoms with Gasteiger partial charge in [-0.3, -0.25) is 0 Å². The van der Waals surface area contributed by atoms with Gasteiger partial charge in [0.15, 0.2) is 17.6 Å². The molecule has 5 nitrogen and oxygen atoms in total. The predicted octanol–water partition coefficient (Wildman–Crippen LogP) is 1.85. The first-order valence-corrected chi connectivity index (χ1v) is 5.23. The lowest BCUT2D eigenvalue weighted by Gasteiger charge is -2.17. The van der Waals surface area contributed by atoms with Crippen molar-refractivity contribution in [1.82, 2.24) is 0 Å². The van der Waals surface area contributed by atoms with Crippen LogP contribution in [0, 0.1) is 0 Å². The fourth-order valence-electron chi connectivity index (χ4n) is 1.58. The molecule has 0 aliphatic heterocycles. The first kappa shape index (κ1) is 14.2. The Balaban J connectivity index is 3.44. The molecular formula is C12H15FO5. The fraction of sp³-hybridized carbons (Fsp3) is 0.417. The summed E-state index contributed by atoms with van der Waals surface area (Å²) in [6.45, 7) is 1.30. The Labute approximate surface area is 104 Å². The lowest BCUT2D eigenvalue weighted by molar-refractivity contribution is -0.147. The van der Waals surface area contributed by atoms with Gasteiger partial charge in [-0.2, -0.15) is 0 Å². The Kier molecular flexibility index (Phi) is 4.49. The normalized spacial score (nSPS) is 13.8. The van der Waals surface area contributed by atoms with Crippen LogP contribution >= 0.6 is 0 Å². The molecule has 1 aromatic carbocycles. The average Bonchev–Trinajstić information content (AvgIpc) is 2.35. The van der Waals surface area contributed by atoms with Crippen LogP contribution in [0.3, 0.4) is 0 Å². The van der Waals surface area contributed by atoms with Gasteiger partial charge < -0.3 is 19.7 Å². The molecule has 6 heteroatoms. The lowest BCUT2D eigenvalue weighted by atomic mass is 10.0. The number of methoxy groups -OCH3 is 2. The number of benzene rings is 1. The summed E-state index contributed by atoms with van der Waals surface area (Å²) in [4.78, 5) is 10.8. The highest BCUT2D eigenvalue weighted by Gasteiger charge is 2.25. The minimum atomic E-state index is -1.80. The SMILES string of the molecule is COc1cc(C(C)F)cc(C(O)C(=O)O)c1OC. The summed E-state index contributed by atoms with van der Waals surface area (Å²) in [5, 5.41) is 18.4. The first-order valence-electron chi connectivity index (χ1n) is 5.23. The molecule has 2 N–H and O–H groups in total. The van der Waals surface area contributed by atoms with Crippen molar-refractivity contribution in [2.24, 2.45) is 0 Å². The van der Waals surface area contributed by atoms with E-state index in [4.69, 9.17) is 14.6 Å². The Bertz CT molecular complexity index is 444. The summed E-state index contributed by atoms with van der Waals surface area (Å²) in [6.07, 6.45) is -3.11. The monoisotopic (exact) mass is 258 g/mol. The van der Waals surface area contributed by atoms with Crippen LogP contribution in [0.15, 0.2) is 12.1 Å². The number of hydrogen-bond donors (Lipinski definition) is 2. The summed E-state index contributed by atoms with van der Waals surface area (Å²) < 4.78 is 23.3. The second kappa shape index (κ2) is 5.68. The summed E-state index contributed by atoms with van der Waals surface area (Å²) >= 11 is 0. The second-order valence-electron chi connectivity index (χ2n) is 3.70. The molecule has 2 atom stereocenters. The van der Waals surface area contributed by atoms with Crippen molar-refractivity contribution in [3.63, 3.8) is 0 Å². The van der Waals surface area contributed by atoms with E-state index >= 15 is 0 Å². The number of carbonyl (C=O) groups is 1. The third-order valence-corrected chi connectivity index (χ3v) is 2.52. The van der Waals surface area contributed by atoms with E-state index in [-0.39, 0.29) is 22.6 Å². The van der Waals surface area contributed by atoms with E-state index in [2.05, 4.69) is 0 Å². The number of alkyl halides is 1. The van der Waals surface area contributed by atoms with Crippen molar-refractivity contribution >= 4 is 5.97 Å². The van der Waals surface area contributed by atoms with E-state index in [1.165, 1.54) is 33.3 Å². The van der Waals surface area contributed by atoms with Crippen molar-refractivity contribution in [1.29, 1.82) is 0 Å².